The van der Waals surface area contributed by atoms with Crippen molar-refractivity contribution in [2.24, 2.45) is 0 Å². The van der Waals surface area contributed by atoms with Crippen LogP contribution in [0.3, 0.4) is 0 Å². The van der Waals surface area contributed by atoms with E-state index in [-0.39, 0.29) is 23.6 Å². The first-order valence-corrected chi connectivity index (χ1v) is 11.1. The Labute approximate surface area is 188 Å². The second-order valence-corrected chi connectivity index (χ2v) is 8.29. The highest BCUT2D eigenvalue weighted by Crippen LogP contribution is 2.42. The van der Waals surface area contributed by atoms with Crippen LogP contribution in [0.2, 0.25) is 0 Å². The first kappa shape index (κ1) is 21.6. The quantitative estimate of drug-likeness (QED) is 0.495. The summed E-state index contributed by atoms with van der Waals surface area (Å²) in [5.74, 6) is -0.880. The molecule has 0 aliphatic carbocycles. The maximum Gasteiger partial charge on any atom is 0.335 e. The highest BCUT2D eigenvalue weighted by molar-refractivity contribution is 5.94. The van der Waals surface area contributed by atoms with Gasteiger partial charge in [-0.3, -0.25) is 4.79 Å². The molecule has 2 unspecified atom stereocenters. The molecule has 32 heavy (non-hydrogen) atoms. The van der Waals surface area contributed by atoms with Gasteiger partial charge in [0, 0.05) is 24.3 Å². The third kappa shape index (κ3) is 4.37. The summed E-state index contributed by atoms with van der Waals surface area (Å²) >= 11 is 0. The minimum atomic E-state index is -0.937. The number of carboxylic acid groups (broad SMARTS) is 1. The number of nitrogens with zero attached hydrogens (tertiary/aromatic N) is 1. The number of aromatic carboxylic acids is 1. The van der Waals surface area contributed by atoms with Crippen molar-refractivity contribution in [1.29, 1.82) is 0 Å². The summed E-state index contributed by atoms with van der Waals surface area (Å²) in [6.07, 6.45) is 2.79. The predicted octanol–water partition coefficient (Wildman–Crippen LogP) is 6.13. The topological polar surface area (TPSA) is 69.6 Å². The molecule has 1 amide bonds. The van der Waals surface area contributed by atoms with Gasteiger partial charge in [-0.1, -0.05) is 49.7 Å². The predicted molar refractivity (Wildman–Crippen MR) is 128 cm³/mol. The number of benzene rings is 3. The van der Waals surface area contributed by atoms with Crippen LogP contribution in [-0.4, -0.2) is 23.0 Å². The molecule has 0 spiro atoms. The van der Waals surface area contributed by atoms with Crippen molar-refractivity contribution in [3.63, 3.8) is 0 Å². The van der Waals surface area contributed by atoms with E-state index in [1.807, 2.05) is 47.4 Å². The molecule has 1 heterocycles. The SMILES string of the molecule is CCCC1CC(Nc2ccccc2)c2cc(-c3ccc(C(=O)O)cc3)ccc2N1C(C)=O. The van der Waals surface area contributed by atoms with Crippen LogP contribution in [0.4, 0.5) is 11.4 Å². The third-order valence-electron chi connectivity index (χ3n) is 6.08. The Morgan fingerprint density at radius 1 is 1.00 bits per heavy atom. The van der Waals surface area contributed by atoms with Crippen molar-refractivity contribution < 1.29 is 14.7 Å². The molecular weight excluding hydrogens is 400 g/mol. The van der Waals surface area contributed by atoms with E-state index in [0.717, 1.165) is 47.3 Å². The van der Waals surface area contributed by atoms with Crippen LogP contribution in [0.15, 0.2) is 72.8 Å². The summed E-state index contributed by atoms with van der Waals surface area (Å²) in [6, 6.07) is 23.4. The van der Waals surface area contributed by atoms with Crippen LogP contribution in [0.5, 0.6) is 0 Å². The van der Waals surface area contributed by atoms with Gasteiger partial charge in [-0.2, -0.15) is 0 Å². The van der Waals surface area contributed by atoms with Crippen LogP contribution in [0.1, 0.15) is 55.1 Å². The summed E-state index contributed by atoms with van der Waals surface area (Å²) in [4.78, 5) is 25.8. The number of amides is 1. The fourth-order valence-electron chi connectivity index (χ4n) is 4.62. The van der Waals surface area contributed by atoms with E-state index < -0.39 is 5.97 Å². The summed E-state index contributed by atoms with van der Waals surface area (Å²) < 4.78 is 0. The van der Waals surface area contributed by atoms with Gasteiger partial charge in [0.25, 0.3) is 0 Å². The fraction of sp³-hybridized carbons (Fsp3) is 0.259. The first-order valence-electron chi connectivity index (χ1n) is 11.1. The minimum absolute atomic E-state index is 0.0569. The van der Waals surface area contributed by atoms with Crippen molar-refractivity contribution >= 4 is 23.3 Å². The van der Waals surface area contributed by atoms with Crippen molar-refractivity contribution in [3.8, 4) is 11.1 Å². The molecule has 0 aromatic heterocycles. The zero-order valence-corrected chi connectivity index (χ0v) is 18.4. The molecule has 3 aromatic carbocycles. The fourth-order valence-corrected chi connectivity index (χ4v) is 4.62. The van der Waals surface area contributed by atoms with E-state index >= 15 is 0 Å². The number of para-hydroxylation sites is 1. The van der Waals surface area contributed by atoms with Crippen molar-refractivity contribution in [1.82, 2.24) is 0 Å². The van der Waals surface area contributed by atoms with Gasteiger partial charge in [0.1, 0.15) is 0 Å². The highest BCUT2D eigenvalue weighted by Gasteiger charge is 2.34. The molecule has 0 saturated heterocycles. The Kier molecular flexibility index (Phi) is 6.26. The second-order valence-electron chi connectivity index (χ2n) is 8.29. The maximum absolute atomic E-state index is 12.6. The lowest BCUT2D eigenvalue weighted by atomic mass is 9.86. The molecule has 0 bridgehead atoms. The number of rotatable bonds is 6. The summed E-state index contributed by atoms with van der Waals surface area (Å²) in [5.41, 5.74) is 5.28. The van der Waals surface area contributed by atoms with Gasteiger partial charge in [-0.05, 0) is 65.9 Å². The van der Waals surface area contributed by atoms with E-state index in [9.17, 15) is 14.7 Å². The molecule has 0 radical (unpaired) electrons. The molecule has 1 aliphatic heterocycles. The molecule has 0 fully saturated rings. The number of carbonyl (C=O) groups is 2. The van der Waals surface area contributed by atoms with Crippen molar-refractivity contribution in [2.45, 2.75) is 45.2 Å². The van der Waals surface area contributed by atoms with Gasteiger partial charge in [0.2, 0.25) is 5.91 Å². The average Bonchev–Trinajstić information content (AvgIpc) is 2.79. The normalized spacial score (nSPS) is 17.5. The van der Waals surface area contributed by atoms with Gasteiger partial charge in [0.15, 0.2) is 0 Å². The number of anilines is 2. The Balaban J connectivity index is 1.77. The monoisotopic (exact) mass is 428 g/mol. The van der Waals surface area contributed by atoms with Crippen LogP contribution >= 0.6 is 0 Å². The molecule has 4 rings (SSSR count). The number of hydrogen-bond acceptors (Lipinski definition) is 3. The van der Waals surface area contributed by atoms with Gasteiger partial charge >= 0.3 is 5.97 Å². The molecule has 1 aliphatic rings. The van der Waals surface area contributed by atoms with Crippen LogP contribution in [0.25, 0.3) is 11.1 Å². The second kappa shape index (κ2) is 9.27. The number of carbonyl (C=O) groups excluding carboxylic acids is 1. The lowest BCUT2D eigenvalue weighted by molar-refractivity contribution is -0.117. The van der Waals surface area contributed by atoms with E-state index in [1.54, 1.807) is 19.1 Å². The van der Waals surface area contributed by atoms with Crippen LogP contribution < -0.4 is 10.2 Å². The largest absolute Gasteiger partial charge is 0.478 e. The van der Waals surface area contributed by atoms with E-state index in [0.29, 0.717) is 0 Å². The Bertz CT molecular complexity index is 1110. The smallest absolute Gasteiger partial charge is 0.335 e. The third-order valence-corrected chi connectivity index (χ3v) is 6.08. The molecule has 2 atom stereocenters. The van der Waals surface area contributed by atoms with Crippen molar-refractivity contribution in [3.05, 3.63) is 83.9 Å². The molecule has 0 saturated carbocycles. The van der Waals surface area contributed by atoms with Gasteiger partial charge in [-0.25, -0.2) is 4.79 Å². The number of fused-ring (bicyclic) bond motifs is 1. The highest BCUT2D eigenvalue weighted by atomic mass is 16.4. The Morgan fingerprint density at radius 3 is 2.31 bits per heavy atom. The average molecular weight is 429 g/mol. The molecule has 2 N–H and O–H groups in total. The number of carboxylic acids is 1. The summed E-state index contributed by atoms with van der Waals surface area (Å²) in [6.45, 7) is 3.78. The number of nitrogens with one attached hydrogen (secondary N) is 1. The van der Waals surface area contributed by atoms with E-state index in [1.165, 1.54) is 0 Å². The minimum Gasteiger partial charge on any atom is -0.478 e. The van der Waals surface area contributed by atoms with Crippen molar-refractivity contribution in [2.75, 3.05) is 10.2 Å². The maximum atomic E-state index is 12.6. The van der Waals surface area contributed by atoms with Gasteiger partial charge in [0.05, 0.1) is 11.6 Å². The van der Waals surface area contributed by atoms with E-state index in [4.69, 9.17) is 0 Å². The zero-order chi connectivity index (χ0) is 22.7. The van der Waals surface area contributed by atoms with E-state index in [2.05, 4.69) is 30.4 Å². The Morgan fingerprint density at radius 2 is 1.69 bits per heavy atom. The summed E-state index contributed by atoms with van der Waals surface area (Å²) in [7, 11) is 0. The van der Waals surface area contributed by atoms with Crippen LogP contribution in [-0.2, 0) is 4.79 Å². The standard InChI is InChI=1S/C27H28N2O3/c1-3-7-23-17-25(28-22-8-5-4-6-9-22)24-16-21(14-15-26(24)29(23)18(2)30)19-10-12-20(13-11-19)27(31)32/h4-6,8-16,23,25,28H,3,7,17H2,1-2H3,(H,31,32). The van der Waals surface area contributed by atoms with Gasteiger partial charge in [-0.15, -0.1) is 0 Å². The lowest BCUT2D eigenvalue weighted by Crippen LogP contribution is -2.44. The molecular formula is C27H28N2O3. The van der Waals surface area contributed by atoms with Crippen LogP contribution in [0, 0.1) is 0 Å². The first-order chi connectivity index (χ1) is 15.5. The van der Waals surface area contributed by atoms with Gasteiger partial charge < -0.3 is 15.3 Å². The molecule has 3 aromatic rings. The summed E-state index contributed by atoms with van der Waals surface area (Å²) in [5, 5.41) is 12.9. The molecule has 5 nitrogen and oxygen atoms in total. The lowest BCUT2D eigenvalue weighted by Gasteiger charge is -2.41. The molecule has 164 valence electrons. The molecule has 5 heteroatoms. The Hall–Kier alpha value is -3.60. The number of hydrogen-bond donors (Lipinski definition) is 2. The zero-order valence-electron chi connectivity index (χ0n) is 18.4.